The zero-order valence-corrected chi connectivity index (χ0v) is 70.4. The van der Waals surface area contributed by atoms with Crippen molar-refractivity contribution >= 4 is 136 Å². The molecule has 3 amide bonds. The molecule has 22 nitrogen and oxygen atoms in total. The average molecular weight is 1740 g/mol. The Morgan fingerprint density at radius 2 is 0.814 bits per heavy atom. The molecule has 0 aliphatic carbocycles. The molecule has 118 heavy (non-hydrogen) atoms. The summed E-state index contributed by atoms with van der Waals surface area (Å²) in [5.74, 6) is 2.66. The molecular formula is C89H90Cl6N10O12S. The van der Waals surface area contributed by atoms with Crippen LogP contribution >= 0.6 is 69.6 Å². The molecule has 7 N–H and O–H groups in total. The molecule has 4 unspecified atom stereocenters. The highest BCUT2D eigenvalue weighted by molar-refractivity contribution is 7.92. The standard InChI is InChI=1S/C33H36Cl2N4O5.C30H31Cl2N3O3.C26H23Cl2N3O4S/c34-23-3-8-27(9-4-23)44-33(42)39-12-11-28-29-19-24(35)5-10-30(29)36-31(28)32(39)22-1-6-26(7-2-22)43-21-25(41)20-38-15-13-37(14-16-38)17-18-40;1-19(2)33-15-3-17-37-23-9-4-20(5-10-23)29-28-25(26-18-22(32)8-13-27(26)34-28)14-16-35(29)30(36)38-24-11-6-21(31)7-12-24;1-2-36(33,34)30-19-8-3-16(4-9-19)25-24-21(22-15-18(28)7-12-23(22)29-24)13-14-31(25)26(32)35-20-10-5-17(27)6-11-20/h1-10,19,25,32,36,40-41H,11-18,20-21H2;4-13,18-19,29,33-34H,3,14-17H2,1-2H3;3-12,15,25,29-30H,2,13-14H2,1H3. The van der Waals surface area contributed by atoms with E-state index in [-0.39, 0.29) is 25.0 Å². The number of carbonyl (C=O) groups excluding carboxylic acids is 3. The summed E-state index contributed by atoms with van der Waals surface area (Å²) in [6, 6.07) is 59.2. The number of amides is 3. The van der Waals surface area contributed by atoms with Crippen molar-refractivity contribution in [1.82, 2.24) is 44.8 Å². The van der Waals surface area contributed by atoms with Gasteiger partial charge >= 0.3 is 18.3 Å². The van der Waals surface area contributed by atoms with Crippen LogP contribution in [0.2, 0.25) is 30.1 Å². The number of aliphatic hydroxyl groups is 2. The Kier molecular flexibility index (Phi) is 27.7. The third-order valence-electron chi connectivity index (χ3n) is 21.2. The van der Waals surface area contributed by atoms with Crippen molar-refractivity contribution in [2.75, 3.05) is 95.7 Å². The van der Waals surface area contributed by atoms with Crippen LogP contribution in [0.25, 0.3) is 32.7 Å². The van der Waals surface area contributed by atoms with E-state index in [2.05, 4.69) is 48.6 Å². The quantitative estimate of drug-likeness (QED) is 0.0311. The number of anilines is 1. The van der Waals surface area contributed by atoms with Gasteiger partial charge < -0.3 is 54.2 Å². The average Bonchev–Trinajstić information content (AvgIpc) is 1.59. The van der Waals surface area contributed by atoms with Crippen molar-refractivity contribution in [1.29, 1.82) is 0 Å². The normalized spacial score (nSPS) is 16.4. The molecule has 0 bridgehead atoms. The number of nitrogens with zero attached hydrogens (tertiary/aromatic N) is 5. The Hall–Kier alpha value is -9.70. The Morgan fingerprint density at radius 1 is 0.466 bits per heavy atom. The van der Waals surface area contributed by atoms with Crippen molar-refractivity contribution in [3.05, 3.63) is 281 Å². The van der Waals surface area contributed by atoms with Crippen LogP contribution in [0.15, 0.2) is 200 Å². The van der Waals surface area contributed by atoms with Crippen LogP contribution in [0.3, 0.4) is 0 Å². The number of fused-ring (bicyclic) bond motifs is 9. The summed E-state index contributed by atoms with van der Waals surface area (Å²) in [5.41, 5.74) is 12.1. The molecule has 1 saturated heterocycles. The monoisotopic (exact) mass is 1730 g/mol. The number of sulfonamides is 1. The van der Waals surface area contributed by atoms with Gasteiger partial charge in [0.05, 0.1) is 19.0 Å². The highest BCUT2D eigenvalue weighted by Gasteiger charge is 2.40. The number of nitrogens with one attached hydrogen (secondary N) is 5. The minimum atomic E-state index is -3.40. The molecular weight excluding hydrogens is 1650 g/mol. The number of ether oxygens (including phenoxy) is 5. The van der Waals surface area contributed by atoms with Crippen molar-refractivity contribution in [2.24, 2.45) is 0 Å². The summed E-state index contributed by atoms with van der Waals surface area (Å²) in [6.07, 6.45) is 0.879. The van der Waals surface area contributed by atoms with Gasteiger partial charge in [0.15, 0.2) is 0 Å². The second-order valence-corrected chi connectivity index (χ2v) is 34.2. The molecule has 4 aliphatic rings. The molecule has 4 aliphatic heterocycles. The van der Waals surface area contributed by atoms with Crippen LogP contribution in [0, 0.1) is 0 Å². The van der Waals surface area contributed by atoms with Crippen LogP contribution in [0.4, 0.5) is 20.1 Å². The third-order valence-corrected chi connectivity index (χ3v) is 24.0. The first kappa shape index (κ1) is 84.7. The highest BCUT2D eigenvalue weighted by Crippen LogP contribution is 2.44. The summed E-state index contributed by atoms with van der Waals surface area (Å²) >= 11 is 36.9. The predicted molar refractivity (Wildman–Crippen MR) is 466 cm³/mol. The lowest BCUT2D eigenvalue weighted by molar-refractivity contribution is 0.0428. The number of H-pyrrole nitrogens is 3. The van der Waals surface area contributed by atoms with Crippen molar-refractivity contribution in [3.63, 3.8) is 0 Å². The Morgan fingerprint density at radius 3 is 1.18 bits per heavy atom. The summed E-state index contributed by atoms with van der Waals surface area (Å²) in [7, 11) is -3.40. The number of β-amino-alcohol motifs (C(OH)–C–C–N with tert-alkyl or cyclic N) is 2. The van der Waals surface area contributed by atoms with Crippen molar-refractivity contribution in [3.8, 4) is 28.7 Å². The summed E-state index contributed by atoms with van der Waals surface area (Å²) in [6.45, 7) is 13.8. The van der Waals surface area contributed by atoms with E-state index < -0.39 is 46.5 Å². The zero-order valence-electron chi connectivity index (χ0n) is 65.1. The zero-order chi connectivity index (χ0) is 82.7. The van der Waals surface area contributed by atoms with E-state index in [4.69, 9.17) is 98.4 Å². The summed E-state index contributed by atoms with van der Waals surface area (Å²) in [4.78, 5) is 60.5. The fourth-order valence-electron chi connectivity index (χ4n) is 15.4. The molecule has 12 aromatic rings. The third kappa shape index (κ3) is 20.8. The minimum absolute atomic E-state index is 0.0251. The van der Waals surface area contributed by atoms with E-state index in [0.29, 0.717) is 123 Å². The van der Waals surface area contributed by atoms with E-state index in [1.807, 2.05) is 115 Å². The number of rotatable bonds is 22. The maximum absolute atomic E-state index is 13.5. The van der Waals surface area contributed by atoms with Crippen LogP contribution in [0.5, 0.6) is 28.7 Å². The number of hydrogen-bond acceptors (Lipinski definition) is 15. The van der Waals surface area contributed by atoms with Gasteiger partial charge in [-0.25, -0.2) is 22.8 Å². The Bertz CT molecular complexity index is 5600. The van der Waals surface area contributed by atoms with Gasteiger partial charge in [0.2, 0.25) is 10.0 Å². The van der Waals surface area contributed by atoms with Gasteiger partial charge in [0.25, 0.3) is 0 Å². The summed E-state index contributed by atoms with van der Waals surface area (Å²) in [5, 5.41) is 30.0. The molecule has 616 valence electrons. The van der Waals surface area contributed by atoms with E-state index in [1.165, 1.54) is 5.56 Å². The molecule has 0 saturated carbocycles. The van der Waals surface area contributed by atoms with Crippen LogP contribution in [-0.2, 0) is 29.3 Å². The van der Waals surface area contributed by atoms with Crippen molar-refractivity contribution in [2.45, 2.75) is 76.7 Å². The number of aliphatic hydroxyl groups excluding tert-OH is 2. The van der Waals surface area contributed by atoms with E-state index >= 15 is 0 Å². The fourth-order valence-corrected chi connectivity index (χ4v) is 16.9. The van der Waals surface area contributed by atoms with E-state index in [9.17, 15) is 27.9 Å². The van der Waals surface area contributed by atoms with Gasteiger partial charge in [-0.2, -0.15) is 0 Å². The molecule has 4 atom stereocenters. The minimum Gasteiger partial charge on any atom is -0.494 e. The van der Waals surface area contributed by atoms with Gasteiger partial charge in [0, 0.05) is 151 Å². The van der Waals surface area contributed by atoms with Gasteiger partial charge in [0.1, 0.15) is 59.6 Å². The van der Waals surface area contributed by atoms with E-state index in [0.717, 1.165) is 123 Å². The number of hydrogen-bond donors (Lipinski definition) is 7. The Labute approximate surface area is 714 Å². The number of aromatic amines is 3. The molecule has 7 heterocycles. The molecule has 16 rings (SSSR count). The van der Waals surface area contributed by atoms with E-state index in [1.54, 1.807) is 107 Å². The van der Waals surface area contributed by atoms with Gasteiger partial charge in [-0.15, -0.1) is 0 Å². The maximum Gasteiger partial charge on any atom is 0.416 e. The van der Waals surface area contributed by atoms with Crippen LogP contribution < -0.4 is 33.7 Å². The van der Waals surface area contributed by atoms with Crippen molar-refractivity contribution < 1.29 is 56.7 Å². The predicted octanol–water partition coefficient (Wildman–Crippen LogP) is 18.7. The van der Waals surface area contributed by atoms with Gasteiger partial charge in [-0.1, -0.05) is 120 Å². The number of halogens is 6. The molecule has 0 spiro atoms. The largest absolute Gasteiger partial charge is 0.494 e. The lowest BCUT2D eigenvalue weighted by atomic mass is 9.92. The smallest absolute Gasteiger partial charge is 0.416 e. The second kappa shape index (κ2) is 38.6. The first-order valence-electron chi connectivity index (χ1n) is 39.2. The molecule has 9 aromatic carbocycles. The van der Waals surface area contributed by atoms with Crippen LogP contribution in [0.1, 0.15) is 95.8 Å². The van der Waals surface area contributed by atoms with Gasteiger partial charge in [-0.05, 0) is 236 Å². The lowest BCUT2D eigenvalue weighted by Gasteiger charge is -2.35. The summed E-state index contributed by atoms with van der Waals surface area (Å²) < 4.78 is 55.6. The molecule has 29 heteroatoms. The second-order valence-electron chi connectivity index (χ2n) is 29.5. The highest BCUT2D eigenvalue weighted by atomic mass is 35.5. The maximum atomic E-state index is 13.5. The topological polar surface area (TPSA) is 260 Å². The van der Waals surface area contributed by atoms with Crippen LogP contribution in [-0.4, -0.2) is 180 Å². The molecule has 3 aromatic heterocycles. The molecule has 1 fully saturated rings. The fraction of sp³-hybridized carbons (Fsp3) is 0.292. The number of piperazine rings is 1. The number of aromatic nitrogens is 3. The first-order chi connectivity index (χ1) is 57.0. The number of benzene rings is 9. The van der Waals surface area contributed by atoms with Gasteiger partial charge in [-0.3, -0.25) is 29.2 Å². The first-order valence-corrected chi connectivity index (χ1v) is 43.1. The molecule has 0 radical (unpaired) electrons. The lowest BCUT2D eigenvalue weighted by Crippen LogP contribution is -2.49. The SMILES string of the molecule is CC(C)NCCCOc1ccc(C2c3[nH]c4ccc(Cl)cc4c3CCN2C(=O)Oc2ccc(Cl)cc2)cc1.CCS(=O)(=O)Nc1ccc(C2c3[nH]c4ccc(Cl)cc4c3CCN2C(=O)Oc2ccc(Cl)cc2)cc1.O=C(Oc1ccc(Cl)cc1)N1CCc2c([nH]c3ccc(Cl)cc23)C1c1ccc(OCC(O)CN2CCN(CCO)CC2)cc1. The Balaban J connectivity index is 0.000000146. The number of carbonyl (C=O) groups is 3.